The standard InChI is InChI=1S/C17H27NS/c1-4-14-6-8-15(9-7-14)13(3)18-16-10-11-17(12-16)19-5-2/h6-9,13,16-18H,4-5,10-12H2,1-3H3. The molecule has 1 nitrogen and oxygen atoms in total. The van der Waals surface area contributed by atoms with Crippen molar-refractivity contribution in [3.05, 3.63) is 35.4 Å². The molecule has 3 unspecified atom stereocenters. The van der Waals surface area contributed by atoms with Gasteiger partial charge in [0.05, 0.1) is 0 Å². The highest BCUT2D eigenvalue weighted by molar-refractivity contribution is 7.99. The zero-order valence-corrected chi connectivity index (χ0v) is 13.3. The third-order valence-electron chi connectivity index (χ3n) is 4.16. The maximum Gasteiger partial charge on any atom is 0.0294 e. The highest BCUT2D eigenvalue weighted by atomic mass is 32.2. The number of benzene rings is 1. The van der Waals surface area contributed by atoms with Crippen LogP contribution in [-0.4, -0.2) is 17.0 Å². The van der Waals surface area contributed by atoms with Crippen molar-refractivity contribution in [1.82, 2.24) is 5.32 Å². The highest BCUT2D eigenvalue weighted by Gasteiger charge is 2.25. The van der Waals surface area contributed by atoms with Gasteiger partial charge in [0.1, 0.15) is 0 Å². The summed E-state index contributed by atoms with van der Waals surface area (Å²) in [5, 5.41) is 4.69. The fourth-order valence-corrected chi connectivity index (χ4v) is 4.11. The van der Waals surface area contributed by atoms with Crippen molar-refractivity contribution in [3.63, 3.8) is 0 Å². The van der Waals surface area contributed by atoms with Gasteiger partial charge in [0.25, 0.3) is 0 Å². The summed E-state index contributed by atoms with van der Waals surface area (Å²) in [5.74, 6) is 1.26. The lowest BCUT2D eigenvalue weighted by Crippen LogP contribution is -2.29. The van der Waals surface area contributed by atoms with Gasteiger partial charge < -0.3 is 5.32 Å². The largest absolute Gasteiger partial charge is 0.307 e. The molecular weight excluding hydrogens is 250 g/mol. The Morgan fingerprint density at radius 1 is 1.21 bits per heavy atom. The van der Waals surface area contributed by atoms with Crippen LogP contribution in [0.2, 0.25) is 0 Å². The van der Waals surface area contributed by atoms with Gasteiger partial charge in [0.2, 0.25) is 0 Å². The molecule has 1 saturated carbocycles. The van der Waals surface area contributed by atoms with E-state index in [4.69, 9.17) is 0 Å². The normalized spacial score (nSPS) is 24.6. The van der Waals surface area contributed by atoms with Crippen molar-refractivity contribution in [1.29, 1.82) is 0 Å². The van der Waals surface area contributed by atoms with E-state index in [1.165, 1.54) is 36.1 Å². The van der Waals surface area contributed by atoms with Crippen LogP contribution in [-0.2, 0) is 6.42 Å². The first-order valence-corrected chi connectivity index (χ1v) is 8.74. The summed E-state index contributed by atoms with van der Waals surface area (Å²) in [6.45, 7) is 6.77. The summed E-state index contributed by atoms with van der Waals surface area (Å²) in [6.07, 6.45) is 5.20. The molecule has 106 valence electrons. The lowest BCUT2D eigenvalue weighted by molar-refractivity contribution is 0.462. The van der Waals surface area contributed by atoms with Gasteiger partial charge in [-0.1, -0.05) is 38.1 Å². The second kappa shape index (κ2) is 7.35. The van der Waals surface area contributed by atoms with E-state index in [1.54, 1.807) is 0 Å². The number of aryl methyl sites for hydroxylation is 1. The minimum Gasteiger partial charge on any atom is -0.307 e. The molecule has 3 atom stereocenters. The van der Waals surface area contributed by atoms with Crippen molar-refractivity contribution in [2.24, 2.45) is 0 Å². The Hall–Kier alpha value is -0.470. The second-order valence-electron chi connectivity index (χ2n) is 5.57. The van der Waals surface area contributed by atoms with Crippen LogP contribution < -0.4 is 5.32 Å². The monoisotopic (exact) mass is 277 g/mol. The summed E-state index contributed by atoms with van der Waals surface area (Å²) in [5.41, 5.74) is 2.85. The Bertz CT molecular complexity index is 373. The molecule has 19 heavy (non-hydrogen) atoms. The third-order valence-corrected chi connectivity index (χ3v) is 5.39. The van der Waals surface area contributed by atoms with E-state index >= 15 is 0 Å². The van der Waals surface area contributed by atoms with Crippen LogP contribution in [0.15, 0.2) is 24.3 Å². The molecule has 0 heterocycles. The first kappa shape index (κ1) is 14.9. The van der Waals surface area contributed by atoms with E-state index in [0.717, 1.165) is 11.7 Å². The molecule has 0 aliphatic heterocycles. The predicted octanol–water partition coefficient (Wildman–Crippen LogP) is 4.57. The van der Waals surface area contributed by atoms with Gasteiger partial charge in [-0.05, 0) is 49.5 Å². The van der Waals surface area contributed by atoms with Gasteiger partial charge in [-0.15, -0.1) is 0 Å². The summed E-state index contributed by atoms with van der Waals surface area (Å²) in [4.78, 5) is 0. The number of hydrogen-bond acceptors (Lipinski definition) is 2. The molecular formula is C17H27NS. The number of thioether (sulfide) groups is 1. The topological polar surface area (TPSA) is 12.0 Å². The van der Waals surface area contributed by atoms with E-state index in [1.807, 2.05) is 0 Å². The zero-order chi connectivity index (χ0) is 13.7. The molecule has 2 heteroatoms. The fraction of sp³-hybridized carbons (Fsp3) is 0.647. The minimum absolute atomic E-state index is 0.473. The van der Waals surface area contributed by atoms with E-state index < -0.39 is 0 Å². The summed E-state index contributed by atoms with van der Waals surface area (Å²) in [7, 11) is 0. The Kier molecular flexibility index (Phi) is 5.77. The molecule has 1 fully saturated rings. The summed E-state index contributed by atoms with van der Waals surface area (Å²) >= 11 is 2.13. The van der Waals surface area contributed by atoms with Gasteiger partial charge >= 0.3 is 0 Å². The molecule has 0 aromatic heterocycles. The molecule has 0 spiro atoms. The van der Waals surface area contributed by atoms with E-state index in [0.29, 0.717) is 12.1 Å². The van der Waals surface area contributed by atoms with E-state index in [9.17, 15) is 0 Å². The maximum atomic E-state index is 3.81. The number of hydrogen-bond donors (Lipinski definition) is 1. The zero-order valence-electron chi connectivity index (χ0n) is 12.5. The molecule has 1 N–H and O–H groups in total. The highest BCUT2D eigenvalue weighted by Crippen LogP contribution is 2.31. The fourth-order valence-electron chi connectivity index (χ4n) is 2.97. The molecule has 1 aromatic rings. The van der Waals surface area contributed by atoms with Gasteiger partial charge in [-0.3, -0.25) is 0 Å². The molecule has 0 bridgehead atoms. The van der Waals surface area contributed by atoms with Crippen LogP contribution >= 0.6 is 11.8 Å². The minimum atomic E-state index is 0.473. The van der Waals surface area contributed by atoms with Gasteiger partial charge in [0.15, 0.2) is 0 Å². The maximum absolute atomic E-state index is 3.81. The van der Waals surface area contributed by atoms with Gasteiger partial charge in [0, 0.05) is 17.3 Å². The second-order valence-corrected chi connectivity index (χ2v) is 7.15. The van der Waals surface area contributed by atoms with Crippen molar-refractivity contribution < 1.29 is 0 Å². The Morgan fingerprint density at radius 3 is 2.58 bits per heavy atom. The molecule has 2 rings (SSSR count). The number of rotatable bonds is 6. The summed E-state index contributed by atoms with van der Waals surface area (Å²) < 4.78 is 0. The van der Waals surface area contributed by atoms with Crippen LogP contribution in [0.3, 0.4) is 0 Å². The lowest BCUT2D eigenvalue weighted by atomic mass is 10.0. The first-order chi connectivity index (χ1) is 9.22. The van der Waals surface area contributed by atoms with Gasteiger partial charge in [-0.25, -0.2) is 0 Å². The average Bonchev–Trinajstić information content (AvgIpc) is 2.86. The molecule has 0 radical (unpaired) electrons. The van der Waals surface area contributed by atoms with Gasteiger partial charge in [-0.2, -0.15) is 11.8 Å². The lowest BCUT2D eigenvalue weighted by Gasteiger charge is -2.20. The Labute approximate surface area is 122 Å². The Morgan fingerprint density at radius 2 is 1.95 bits per heavy atom. The smallest absolute Gasteiger partial charge is 0.0294 e. The van der Waals surface area contributed by atoms with Crippen LogP contribution in [0.4, 0.5) is 0 Å². The van der Waals surface area contributed by atoms with Crippen molar-refractivity contribution in [3.8, 4) is 0 Å². The van der Waals surface area contributed by atoms with Crippen molar-refractivity contribution >= 4 is 11.8 Å². The molecule has 0 saturated heterocycles. The molecule has 1 aromatic carbocycles. The first-order valence-electron chi connectivity index (χ1n) is 7.69. The van der Waals surface area contributed by atoms with Crippen molar-refractivity contribution in [2.45, 2.75) is 63.8 Å². The average molecular weight is 277 g/mol. The van der Waals surface area contributed by atoms with Crippen LogP contribution in [0.25, 0.3) is 0 Å². The van der Waals surface area contributed by atoms with Crippen LogP contribution in [0, 0.1) is 0 Å². The van der Waals surface area contributed by atoms with Crippen LogP contribution in [0.5, 0.6) is 0 Å². The summed E-state index contributed by atoms with van der Waals surface area (Å²) in [6, 6.07) is 10.3. The SMILES string of the molecule is CCSC1CCC(NC(C)c2ccc(CC)cc2)C1. The molecule has 1 aliphatic rings. The number of nitrogens with one attached hydrogen (secondary N) is 1. The molecule has 0 amide bonds. The third kappa shape index (κ3) is 4.25. The van der Waals surface area contributed by atoms with Crippen LogP contribution in [0.1, 0.15) is 57.2 Å². The quantitative estimate of drug-likeness (QED) is 0.817. The van der Waals surface area contributed by atoms with E-state index in [2.05, 4.69) is 62.1 Å². The van der Waals surface area contributed by atoms with Crippen molar-refractivity contribution in [2.75, 3.05) is 5.75 Å². The predicted molar refractivity (Wildman–Crippen MR) is 86.9 cm³/mol. The van der Waals surface area contributed by atoms with E-state index in [-0.39, 0.29) is 0 Å². The molecule has 1 aliphatic carbocycles. The Balaban J connectivity index is 1.85.